The summed E-state index contributed by atoms with van der Waals surface area (Å²) < 4.78 is 25.9. The summed E-state index contributed by atoms with van der Waals surface area (Å²) in [6.07, 6.45) is 4.86. The third kappa shape index (κ3) is 4.11. The van der Waals surface area contributed by atoms with Gasteiger partial charge in [-0.05, 0) is 61.1 Å². The lowest BCUT2D eigenvalue weighted by Crippen LogP contribution is -2.36. The number of amides is 1. The summed E-state index contributed by atoms with van der Waals surface area (Å²) in [4.78, 5) is 13.1. The quantitative estimate of drug-likeness (QED) is 0.812. The van der Waals surface area contributed by atoms with E-state index < -0.39 is 10.0 Å². The lowest BCUT2D eigenvalue weighted by molar-refractivity contribution is -0.111. The van der Waals surface area contributed by atoms with Crippen LogP contribution in [0.15, 0.2) is 41.8 Å². The number of benzene rings is 1. The predicted octanol–water partition coefficient (Wildman–Crippen LogP) is 3.50. The fourth-order valence-electron chi connectivity index (χ4n) is 2.81. The van der Waals surface area contributed by atoms with E-state index in [1.165, 1.54) is 10.4 Å². The minimum absolute atomic E-state index is 0.0818. The number of thiophene rings is 1. The highest BCUT2D eigenvalue weighted by Crippen LogP contribution is 2.31. The number of hydrogen-bond acceptors (Lipinski definition) is 4. The highest BCUT2D eigenvalue weighted by atomic mass is 32.2. The van der Waals surface area contributed by atoms with Crippen molar-refractivity contribution in [1.29, 1.82) is 0 Å². The molecule has 1 aromatic heterocycles. The Bertz CT molecular complexity index is 887. The van der Waals surface area contributed by atoms with Gasteiger partial charge in [-0.3, -0.25) is 9.10 Å². The molecule has 0 unspecified atom stereocenters. The zero-order chi connectivity index (χ0) is 17.9. The Balaban J connectivity index is 1.76. The van der Waals surface area contributed by atoms with Gasteiger partial charge in [-0.15, -0.1) is 11.3 Å². The van der Waals surface area contributed by atoms with Crippen LogP contribution in [0, 0.1) is 0 Å². The van der Waals surface area contributed by atoms with Gasteiger partial charge in [0.1, 0.15) is 0 Å². The van der Waals surface area contributed by atoms with Crippen LogP contribution in [0.4, 0.5) is 11.4 Å². The number of hydrogen-bond donors (Lipinski definition) is 1. The van der Waals surface area contributed by atoms with Gasteiger partial charge in [-0.25, -0.2) is 8.42 Å². The largest absolute Gasteiger partial charge is 0.323 e. The van der Waals surface area contributed by atoms with Crippen LogP contribution in [0.2, 0.25) is 0 Å². The van der Waals surface area contributed by atoms with Crippen LogP contribution in [0.25, 0.3) is 6.08 Å². The molecule has 0 saturated heterocycles. The molecule has 1 N–H and O–H groups in total. The van der Waals surface area contributed by atoms with Gasteiger partial charge in [0.05, 0.1) is 11.4 Å². The minimum atomic E-state index is -3.27. The van der Waals surface area contributed by atoms with Crippen LogP contribution < -0.4 is 9.62 Å². The van der Waals surface area contributed by atoms with Gasteiger partial charge in [-0.1, -0.05) is 6.07 Å². The second kappa shape index (κ2) is 7.41. The SMILES string of the molecule is CCS(=O)(=O)N1CCCc2cc(NC(=O)/C=C/c3cccs3)ccc21. The van der Waals surface area contributed by atoms with Crippen LogP contribution in [-0.4, -0.2) is 26.6 Å². The maximum atomic E-state index is 12.2. The van der Waals surface area contributed by atoms with E-state index in [0.717, 1.165) is 29.0 Å². The Kier molecular flexibility index (Phi) is 5.24. The van der Waals surface area contributed by atoms with E-state index in [1.54, 1.807) is 36.5 Å². The minimum Gasteiger partial charge on any atom is -0.323 e. The first-order valence-corrected chi connectivity index (χ1v) is 10.6. The molecule has 0 aliphatic carbocycles. The number of nitrogens with zero attached hydrogens (tertiary/aromatic N) is 1. The van der Waals surface area contributed by atoms with Crippen LogP contribution in [0.3, 0.4) is 0 Å². The molecule has 3 rings (SSSR count). The number of sulfonamides is 1. The van der Waals surface area contributed by atoms with Crippen LogP contribution in [0.1, 0.15) is 23.8 Å². The average molecular weight is 377 g/mol. The summed E-state index contributed by atoms with van der Waals surface area (Å²) in [6.45, 7) is 2.16. The molecule has 0 bridgehead atoms. The predicted molar refractivity (Wildman–Crippen MR) is 104 cm³/mol. The molecule has 0 spiro atoms. The Morgan fingerprint density at radius 2 is 2.20 bits per heavy atom. The third-order valence-corrected chi connectivity index (χ3v) is 6.68. The maximum absolute atomic E-state index is 12.2. The van der Waals surface area contributed by atoms with Gasteiger partial charge in [0, 0.05) is 23.2 Å². The molecule has 2 heterocycles. The molecule has 25 heavy (non-hydrogen) atoms. The number of aryl methyl sites for hydroxylation is 1. The van der Waals surface area contributed by atoms with Crippen molar-refractivity contribution in [3.63, 3.8) is 0 Å². The van der Waals surface area contributed by atoms with Crippen LogP contribution in [-0.2, 0) is 21.2 Å². The van der Waals surface area contributed by atoms with E-state index in [-0.39, 0.29) is 11.7 Å². The molecule has 132 valence electrons. The fraction of sp³-hybridized carbons (Fsp3) is 0.278. The van der Waals surface area contributed by atoms with Crippen molar-refractivity contribution in [2.24, 2.45) is 0 Å². The summed E-state index contributed by atoms with van der Waals surface area (Å²) in [7, 11) is -3.27. The molecule has 2 aromatic rings. The van der Waals surface area contributed by atoms with Crippen molar-refractivity contribution in [2.45, 2.75) is 19.8 Å². The summed E-state index contributed by atoms with van der Waals surface area (Å²) >= 11 is 1.57. The summed E-state index contributed by atoms with van der Waals surface area (Å²) in [5.74, 6) is -0.125. The molecule has 1 amide bonds. The Morgan fingerprint density at radius 3 is 2.92 bits per heavy atom. The molecule has 1 aliphatic rings. The van der Waals surface area contributed by atoms with Crippen molar-refractivity contribution in [1.82, 2.24) is 0 Å². The Morgan fingerprint density at radius 1 is 1.36 bits per heavy atom. The molecule has 7 heteroatoms. The molecular formula is C18H20N2O3S2. The van der Waals surface area contributed by atoms with Crippen molar-refractivity contribution >= 4 is 44.7 Å². The average Bonchev–Trinajstić information content (AvgIpc) is 3.13. The zero-order valence-electron chi connectivity index (χ0n) is 13.9. The highest BCUT2D eigenvalue weighted by molar-refractivity contribution is 7.92. The number of nitrogens with one attached hydrogen (secondary N) is 1. The first-order valence-electron chi connectivity index (χ1n) is 8.15. The normalized spacial score (nSPS) is 14.5. The second-order valence-electron chi connectivity index (χ2n) is 5.76. The first-order chi connectivity index (χ1) is 12.0. The van der Waals surface area contributed by atoms with E-state index in [2.05, 4.69) is 5.32 Å². The number of carbonyl (C=O) groups excluding carboxylic acids is 1. The molecule has 5 nitrogen and oxygen atoms in total. The Labute approximate surface area is 152 Å². The van der Waals surface area contributed by atoms with E-state index in [1.807, 2.05) is 23.6 Å². The van der Waals surface area contributed by atoms with Gasteiger partial charge in [0.15, 0.2) is 0 Å². The van der Waals surface area contributed by atoms with E-state index in [4.69, 9.17) is 0 Å². The van der Waals surface area contributed by atoms with Crippen molar-refractivity contribution in [3.05, 3.63) is 52.2 Å². The van der Waals surface area contributed by atoms with Gasteiger partial charge in [0.2, 0.25) is 15.9 Å². The first kappa shape index (κ1) is 17.7. The summed E-state index contributed by atoms with van der Waals surface area (Å²) in [5.41, 5.74) is 2.35. The van der Waals surface area contributed by atoms with Crippen molar-refractivity contribution < 1.29 is 13.2 Å². The number of rotatable bonds is 5. The summed E-state index contributed by atoms with van der Waals surface area (Å²) in [6, 6.07) is 9.26. The molecule has 0 atom stereocenters. The van der Waals surface area contributed by atoms with Gasteiger partial charge < -0.3 is 5.32 Å². The van der Waals surface area contributed by atoms with Crippen LogP contribution in [0.5, 0.6) is 0 Å². The van der Waals surface area contributed by atoms with Gasteiger partial charge in [-0.2, -0.15) is 0 Å². The van der Waals surface area contributed by atoms with Gasteiger partial charge in [0.25, 0.3) is 0 Å². The fourth-order valence-corrected chi connectivity index (χ4v) is 4.63. The Hall–Kier alpha value is -2.12. The number of fused-ring (bicyclic) bond motifs is 1. The van der Waals surface area contributed by atoms with Crippen molar-refractivity contribution in [2.75, 3.05) is 21.9 Å². The molecule has 1 aliphatic heterocycles. The van der Waals surface area contributed by atoms with E-state index in [9.17, 15) is 13.2 Å². The van der Waals surface area contributed by atoms with Crippen molar-refractivity contribution in [3.8, 4) is 0 Å². The standard InChI is InChI=1S/C18H20N2O3S2/c1-2-25(22,23)20-11-3-5-14-13-15(7-9-17(14)20)19-18(21)10-8-16-6-4-12-24-16/h4,6-10,12-13H,2-3,5,11H2,1H3,(H,19,21)/b10-8+. The monoisotopic (exact) mass is 376 g/mol. The smallest absolute Gasteiger partial charge is 0.248 e. The summed E-state index contributed by atoms with van der Waals surface area (Å²) in [5, 5.41) is 4.79. The molecule has 0 radical (unpaired) electrons. The molecule has 0 fully saturated rings. The molecule has 1 aromatic carbocycles. The molecular weight excluding hydrogens is 356 g/mol. The van der Waals surface area contributed by atoms with Crippen LogP contribution >= 0.6 is 11.3 Å². The molecule has 0 saturated carbocycles. The van der Waals surface area contributed by atoms with Gasteiger partial charge >= 0.3 is 0 Å². The zero-order valence-corrected chi connectivity index (χ0v) is 15.6. The number of anilines is 2. The highest BCUT2D eigenvalue weighted by Gasteiger charge is 2.26. The number of carbonyl (C=O) groups is 1. The van der Waals surface area contributed by atoms with E-state index >= 15 is 0 Å². The third-order valence-electron chi connectivity index (χ3n) is 4.07. The second-order valence-corrected chi connectivity index (χ2v) is 8.92. The lowest BCUT2D eigenvalue weighted by atomic mass is 10.0. The lowest BCUT2D eigenvalue weighted by Gasteiger charge is -2.30. The van der Waals surface area contributed by atoms with E-state index in [0.29, 0.717) is 12.2 Å². The maximum Gasteiger partial charge on any atom is 0.248 e. The topological polar surface area (TPSA) is 66.5 Å².